The van der Waals surface area contributed by atoms with E-state index in [0.29, 0.717) is 0 Å². The molecule has 8 heavy (non-hydrogen) atoms. The van der Waals surface area contributed by atoms with Crippen molar-refractivity contribution in [2.45, 2.75) is 6.92 Å². The van der Waals surface area contributed by atoms with Gasteiger partial charge in [-0.2, -0.15) is 8.42 Å². The second-order valence-corrected chi connectivity index (χ2v) is 1.93. The Hall–Kier alpha value is -0.200. The molecule has 0 unspecified atom stereocenters. The molecule has 0 rings (SSSR count). The maximum atomic E-state index is 9.56. The average molecular weight is 146 g/mol. The zero-order valence-corrected chi connectivity index (χ0v) is 5.01. The molecule has 0 aliphatic heterocycles. The molecule has 0 heterocycles. The predicted octanol–water partition coefficient (Wildman–Crippen LogP) is -0.0218. The van der Waals surface area contributed by atoms with E-state index in [1.54, 1.807) is 0 Å². The normalized spacial score (nSPS) is 10.2. The predicted molar refractivity (Wildman–Crippen MR) is 25.7 cm³/mol. The first kappa shape index (κ1) is 10.7. The van der Waals surface area contributed by atoms with Crippen molar-refractivity contribution in [3.05, 3.63) is 0 Å². The van der Waals surface area contributed by atoms with Gasteiger partial charge in [-0.05, 0) is 6.92 Å². The summed E-state index contributed by atoms with van der Waals surface area (Å²) in [4.78, 5) is 0. The molecule has 0 saturated carbocycles. The number of hydrogen-bond donors (Lipinski definition) is 1. The standard InChI is InChI=1S/C2H6O4S.FH/c1-2-6-7(3,4)5;/h2H2,1H3,(H,3,4,5);1H. The quantitative estimate of drug-likeness (QED) is 0.556. The molecular weight excluding hydrogens is 139 g/mol. The van der Waals surface area contributed by atoms with Crippen LogP contribution in [0.15, 0.2) is 0 Å². The largest absolute Gasteiger partial charge is 0.397 e. The summed E-state index contributed by atoms with van der Waals surface area (Å²) in [7, 11) is -4.17. The minimum atomic E-state index is -4.17. The van der Waals surface area contributed by atoms with Crippen LogP contribution in [-0.2, 0) is 14.6 Å². The molecule has 6 heteroatoms. The van der Waals surface area contributed by atoms with Crippen molar-refractivity contribution in [1.29, 1.82) is 0 Å². The van der Waals surface area contributed by atoms with E-state index in [2.05, 4.69) is 4.18 Å². The molecule has 0 aromatic heterocycles. The van der Waals surface area contributed by atoms with Gasteiger partial charge in [0.05, 0.1) is 6.61 Å². The molecule has 4 nitrogen and oxygen atoms in total. The topological polar surface area (TPSA) is 63.6 Å². The van der Waals surface area contributed by atoms with Crippen molar-refractivity contribution in [3.63, 3.8) is 0 Å². The molecular formula is C2H7FO4S. The lowest BCUT2D eigenvalue weighted by molar-refractivity contribution is 0.283. The minimum absolute atomic E-state index is 0. The highest BCUT2D eigenvalue weighted by atomic mass is 32.3. The van der Waals surface area contributed by atoms with Gasteiger partial charge in [0.15, 0.2) is 0 Å². The van der Waals surface area contributed by atoms with Crippen LogP contribution in [0.5, 0.6) is 0 Å². The molecule has 0 aromatic carbocycles. The third-order valence-corrected chi connectivity index (χ3v) is 0.800. The lowest BCUT2D eigenvalue weighted by Gasteiger charge is -1.88. The van der Waals surface area contributed by atoms with Crippen LogP contribution in [0, 0.1) is 0 Å². The van der Waals surface area contributed by atoms with E-state index in [1.165, 1.54) is 6.92 Å². The maximum Gasteiger partial charge on any atom is 0.397 e. The molecule has 0 saturated heterocycles. The van der Waals surface area contributed by atoms with Gasteiger partial charge in [-0.3, -0.25) is 9.26 Å². The van der Waals surface area contributed by atoms with Crippen LogP contribution >= 0.6 is 0 Å². The van der Waals surface area contributed by atoms with Crippen LogP contribution in [0.25, 0.3) is 0 Å². The third kappa shape index (κ3) is 9.25. The Labute approximate surface area is 46.8 Å². The molecule has 52 valence electrons. The molecule has 0 amide bonds. The van der Waals surface area contributed by atoms with Crippen LogP contribution in [0.2, 0.25) is 0 Å². The van der Waals surface area contributed by atoms with Crippen LogP contribution < -0.4 is 0 Å². The monoisotopic (exact) mass is 146 g/mol. The van der Waals surface area contributed by atoms with Crippen LogP contribution in [0.3, 0.4) is 0 Å². The van der Waals surface area contributed by atoms with Crippen molar-refractivity contribution < 1.29 is 21.9 Å². The Bertz CT molecular complexity index is 127. The van der Waals surface area contributed by atoms with Gasteiger partial charge in [0.1, 0.15) is 0 Å². The molecule has 1 N–H and O–H groups in total. The van der Waals surface area contributed by atoms with Gasteiger partial charge in [0, 0.05) is 0 Å². The average Bonchev–Trinajstić information content (AvgIpc) is 1.30. The van der Waals surface area contributed by atoms with Gasteiger partial charge >= 0.3 is 10.4 Å². The van der Waals surface area contributed by atoms with Crippen LogP contribution in [-0.4, -0.2) is 19.6 Å². The molecule has 0 aromatic rings. The summed E-state index contributed by atoms with van der Waals surface area (Å²) in [5.41, 5.74) is 0. The second-order valence-electron chi connectivity index (χ2n) is 0.834. The molecule has 0 spiro atoms. The Balaban J connectivity index is 0. The fraction of sp³-hybridized carbons (Fsp3) is 1.00. The summed E-state index contributed by atoms with van der Waals surface area (Å²) in [6, 6.07) is 0. The van der Waals surface area contributed by atoms with Crippen molar-refractivity contribution >= 4 is 10.4 Å². The highest BCUT2D eigenvalue weighted by Crippen LogP contribution is 1.81. The first-order valence-electron chi connectivity index (χ1n) is 1.68. The third-order valence-electron chi connectivity index (χ3n) is 0.267. The van der Waals surface area contributed by atoms with E-state index in [9.17, 15) is 8.42 Å². The van der Waals surface area contributed by atoms with E-state index in [-0.39, 0.29) is 11.3 Å². The summed E-state index contributed by atoms with van der Waals surface area (Å²) < 4.78 is 30.7. The summed E-state index contributed by atoms with van der Waals surface area (Å²) in [6.45, 7) is 1.44. The highest BCUT2D eigenvalue weighted by molar-refractivity contribution is 7.80. The maximum absolute atomic E-state index is 9.56. The van der Waals surface area contributed by atoms with E-state index < -0.39 is 10.4 Å². The molecule has 0 atom stereocenters. The number of hydrogen-bond acceptors (Lipinski definition) is 3. The lowest BCUT2D eigenvalue weighted by atomic mass is 10.9. The van der Waals surface area contributed by atoms with Gasteiger partial charge in [-0.15, -0.1) is 0 Å². The fourth-order valence-electron chi connectivity index (χ4n) is 0.149. The van der Waals surface area contributed by atoms with E-state index in [1.807, 2.05) is 0 Å². The van der Waals surface area contributed by atoms with Gasteiger partial charge in [-0.1, -0.05) is 0 Å². The Kier molecular flexibility index (Phi) is 5.04. The fourth-order valence-corrected chi connectivity index (χ4v) is 0.447. The molecule has 0 bridgehead atoms. The minimum Gasteiger partial charge on any atom is -0.269 e. The molecule has 0 fully saturated rings. The molecule has 0 aliphatic carbocycles. The lowest BCUT2D eigenvalue weighted by Crippen LogP contribution is -2.01. The van der Waals surface area contributed by atoms with E-state index >= 15 is 0 Å². The zero-order chi connectivity index (χ0) is 5.91. The summed E-state index contributed by atoms with van der Waals surface area (Å²) in [5.74, 6) is 0. The molecule has 0 aliphatic rings. The van der Waals surface area contributed by atoms with Gasteiger partial charge < -0.3 is 0 Å². The van der Waals surface area contributed by atoms with Gasteiger partial charge in [0.2, 0.25) is 0 Å². The van der Waals surface area contributed by atoms with Crippen molar-refractivity contribution in [3.8, 4) is 0 Å². The smallest absolute Gasteiger partial charge is 0.269 e. The van der Waals surface area contributed by atoms with E-state index in [0.717, 1.165) is 0 Å². The zero-order valence-electron chi connectivity index (χ0n) is 4.20. The molecule has 0 radical (unpaired) electrons. The van der Waals surface area contributed by atoms with Crippen molar-refractivity contribution in [1.82, 2.24) is 0 Å². The second kappa shape index (κ2) is 3.76. The van der Waals surface area contributed by atoms with Gasteiger partial charge in [0.25, 0.3) is 0 Å². The number of rotatable bonds is 2. The van der Waals surface area contributed by atoms with Crippen molar-refractivity contribution in [2.24, 2.45) is 0 Å². The van der Waals surface area contributed by atoms with Gasteiger partial charge in [-0.25, -0.2) is 4.18 Å². The highest BCUT2D eigenvalue weighted by Gasteiger charge is 1.98. The summed E-state index contributed by atoms with van der Waals surface area (Å²) >= 11 is 0. The SMILES string of the molecule is CCOS(=O)(=O)O.F. The summed E-state index contributed by atoms with van der Waals surface area (Å²) in [6.07, 6.45) is 0. The Morgan fingerprint density at radius 3 is 2.00 bits per heavy atom. The van der Waals surface area contributed by atoms with E-state index in [4.69, 9.17) is 4.55 Å². The first-order valence-corrected chi connectivity index (χ1v) is 3.04. The van der Waals surface area contributed by atoms with Crippen molar-refractivity contribution in [2.75, 3.05) is 6.61 Å². The van der Waals surface area contributed by atoms with Crippen LogP contribution in [0.4, 0.5) is 4.70 Å². The number of halogens is 1. The Morgan fingerprint density at radius 2 is 2.00 bits per heavy atom. The van der Waals surface area contributed by atoms with Crippen LogP contribution in [0.1, 0.15) is 6.92 Å². The summed E-state index contributed by atoms with van der Waals surface area (Å²) in [5, 5.41) is 0. The first-order chi connectivity index (χ1) is 3.06. The Morgan fingerprint density at radius 1 is 1.62 bits per heavy atom.